The van der Waals surface area contributed by atoms with Gasteiger partial charge in [-0.05, 0) is 36.4 Å². The number of esters is 1. The fourth-order valence-corrected chi connectivity index (χ4v) is 6.32. The summed E-state index contributed by atoms with van der Waals surface area (Å²) < 4.78 is 12.2. The Kier molecular flexibility index (Phi) is 3.78. The first-order valence-electron chi connectivity index (χ1n) is 9.06. The van der Waals surface area contributed by atoms with Crippen molar-refractivity contribution < 1.29 is 23.9 Å². The van der Waals surface area contributed by atoms with Crippen molar-refractivity contribution in [3.05, 3.63) is 5.53 Å². The molecule has 0 aromatic carbocycles. The minimum atomic E-state index is -2.03. The highest BCUT2D eigenvalue weighted by Crippen LogP contribution is 2.70. The normalized spacial score (nSPS) is 39.4. The van der Waals surface area contributed by atoms with E-state index in [1.165, 1.54) is 0 Å². The Morgan fingerprint density at radius 2 is 2.00 bits per heavy atom. The fourth-order valence-electron chi connectivity index (χ4n) is 5.28. The number of aliphatic hydroxyl groups is 1. The zero-order chi connectivity index (χ0) is 19.1. The van der Waals surface area contributed by atoms with E-state index in [2.05, 4.69) is 52.5 Å². The molecule has 0 radical (unpaired) electrons. The molecule has 4 atom stereocenters. The second kappa shape index (κ2) is 5.03. The Morgan fingerprint density at radius 1 is 1.40 bits per heavy atom. The summed E-state index contributed by atoms with van der Waals surface area (Å²) in [6.07, 6.45) is 1.39. The van der Waals surface area contributed by atoms with E-state index in [1.807, 2.05) is 0 Å². The maximum atomic E-state index is 12.4. The Bertz CT molecular complexity index is 677. The van der Waals surface area contributed by atoms with Gasteiger partial charge in [0.15, 0.2) is 13.9 Å². The van der Waals surface area contributed by atoms with Gasteiger partial charge < -0.3 is 19.8 Å². The van der Waals surface area contributed by atoms with E-state index < -0.39 is 25.5 Å². The standard InChI is InChI=1S/C18H30N2O4Si/c1-15(2,3)25(6,7)23-10-17-9-8-11-16(4,5)14(17)18(11,22)12(20-19)13(21)24-17/h11,14,22H,8-10H2,1-7H3/t11-,14-,17-,18-/m1/s1. The predicted molar refractivity (Wildman–Crippen MR) is 95.5 cm³/mol. The van der Waals surface area contributed by atoms with Gasteiger partial charge in [0, 0.05) is 11.8 Å². The molecule has 7 heteroatoms. The van der Waals surface area contributed by atoms with E-state index in [4.69, 9.17) is 9.16 Å². The van der Waals surface area contributed by atoms with Crippen molar-refractivity contribution in [3.8, 4) is 0 Å². The van der Waals surface area contributed by atoms with Crippen molar-refractivity contribution >= 4 is 20.0 Å². The quantitative estimate of drug-likeness (QED) is 0.360. The van der Waals surface area contributed by atoms with Crippen molar-refractivity contribution in [1.82, 2.24) is 0 Å². The van der Waals surface area contributed by atoms with E-state index >= 15 is 0 Å². The lowest BCUT2D eigenvalue weighted by Crippen LogP contribution is -2.85. The van der Waals surface area contributed by atoms with Crippen LogP contribution in [0.25, 0.3) is 5.53 Å². The molecule has 140 valence electrons. The zero-order valence-corrected chi connectivity index (χ0v) is 17.3. The van der Waals surface area contributed by atoms with Gasteiger partial charge >= 0.3 is 11.7 Å². The summed E-state index contributed by atoms with van der Waals surface area (Å²) in [5, 5.41) is 11.3. The fraction of sp³-hybridized carbons (Fsp3) is 0.889. The first kappa shape index (κ1) is 18.8. The third-order valence-electron chi connectivity index (χ3n) is 7.45. The summed E-state index contributed by atoms with van der Waals surface area (Å²) in [4.78, 5) is 15.5. The van der Waals surface area contributed by atoms with Gasteiger partial charge in [0.25, 0.3) is 0 Å². The van der Waals surface area contributed by atoms with Gasteiger partial charge in [-0.1, -0.05) is 34.6 Å². The molecule has 2 saturated carbocycles. The number of nitrogens with zero attached hydrogens (tertiary/aromatic N) is 2. The van der Waals surface area contributed by atoms with Crippen LogP contribution < -0.4 is 0 Å². The lowest BCUT2D eigenvalue weighted by Gasteiger charge is -2.71. The van der Waals surface area contributed by atoms with Crippen LogP contribution in [0, 0.1) is 17.3 Å². The molecule has 1 heterocycles. The number of hydrogen-bond acceptors (Lipinski definition) is 4. The van der Waals surface area contributed by atoms with Crippen LogP contribution in [0.1, 0.15) is 47.5 Å². The second-order valence-electron chi connectivity index (χ2n) is 10.1. The molecular weight excluding hydrogens is 336 g/mol. The lowest BCUT2D eigenvalue weighted by atomic mass is 9.35. The summed E-state index contributed by atoms with van der Waals surface area (Å²) in [7, 11) is -2.03. The molecule has 2 aliphatic carbocycles. The predicted octanol–water partition coefficient (Wildman–Crippen LogP) is 2.77. The minimum absolute atomic E-state index is 0.0443. The van der Waals surface area contributed by atoms with Crippen LogP contribution in [0.3, 0.4) is 0 Å². The third-order valence-corrected chi connectivity index (χ3v) is 11.9. The summed E-state index contributed by atoms with van der Waals surface area (Å²) in [6, 6.07) is 0. The van der Waals surface area contributed by atoms with Crippen molar-refractivity contribution in [1.29, 1.82) is 0 Å². The second-order valence-corrected chi connectivity index (χ2v) is 14.9. The van der Waals surface area contributed by atoms with Crippen LogP contribution >= 0.6 is 0 Å². The Morgan fingerprint density at radius 3 is 2.48 bits per heavy atom. The van der Waals surface area contributed by atoms with Gasteiger partial charge in [-0.3, -0.25) is 0 Å². The van der Waals surface area contributed by atoms with Gasteiger partial charge in [0.1, 0.15) is 5.60 Å². The largest absolute Gasteiger partial charge is 0.448 e. The topological polar surface area (TPSA) is 92.2 Å². The molecule has 3 fully saturated rings. The van der Waals surface area contributed by atoms with E-state index in [1.54, 1.807) is 0 Å². The lowest BCUT2D eigenvalue weighted by molar-refractivity contribution is -0.328. The third kappa shape index (κ3) is 2.19. The molecule has 1 N–H and O–H groups in total. The van der Waals surface area contributed by atoms with Crippen molar-refractivity contribution in [2.75, 3.05) is 6.61 Å². The molecule has 3 rings (SSSR count). The van der Waals surface area contributed by atoms with Crippen molar-refractivity contribution in [2.45, 2.75) is 76.8 Å². The number of ether oxygens (including phenoxy) is 1. The molecule has 1 saturated heterocycles. The Labute approximate surface area is 150 Å². The first-order valence-corrected chi connectivity index (χ1v) is 12.0. The zero-order valence-electron chi connectivity index (χ0n) is 16.3. The van der Waals surface area contributed by atoms with Crippen LogP contribution in [0.4, 0.5) is 0 Å². The maximum absolute atomic E-state index is 12.4. The van der Waals surface area contributed by atoms with Crippen LogP contribution in [0.2, 0.25) is 18.1 Å². The molecule has 2 bridgehead atoms. The number of carbonyl (C=O) groups excluding carboxylic acids is 1. The molecule has 0 aromatic heterocycles. The Hall–Kier alpha value is -1.01. The van der Waals surface area contributed by atoms with Gasteiger partial charge in [-0.25, -0.2) is 4.79 Å². The highest BCUT2D eigenvalue weighted by molar-refractivity contribution is 6.74. The number of hydrogen-bond donors (Lipinski definition) is 1. The van der Waals surface area contributed by atoms with Gasteiger partial charge in [-0.2, -0.15) is 4.79 Å². The van der Waals surface area contributed by atoms with E-state index in [0.29, 0.717) is 12.8 Å². The number of rotatable bonds is 3. The van der Waals surface area contributed by atoms with Crippen LogP contribution in [0.15, 0.2) is 0 Å². The molecule has 0 amide bonds. The summed E-state index contributed by atoms with van der Waals surface area (Å²) in [6.45, 7) is 15.3. The van der Waals surface area contributed by atoms with Crippen LogP contribution in [-0.4, -0.2) is 47.7 Å². The van der Waals surface area contributed by atoms with Gasteiger partial charge in [-0.15, -0.1) is 0 Å². The molecule has 3 aliphatic rings. The van der Waals surface area contributed by atoms with E-state index in [9.17, 15) is 15.4 Å². The molecule has 1 aliphatic heterocycles. The average Bonchev–Trinajstić information content (AvgIpc) is 2.43. The smallest absolute Gasteiger partial charge is 0.420 e. The molecule has 25 heavy (non-hydrogen) atoms. The van der Waals surface area contributed by atoms with Gasteiger partial charge in [0.05, 0.1) is 6.61 Å². The molecular formula is C18H30N2O4Si. The van der Waals surface area contributed by atoms with Crippen LogP contribution in [-0.2, 0) is 14.0 Å². The van der Waals surface area contributed by atoms with Crippen molar-refractivity contribution in [2.24, 2.45) is 17.3 Å². The monoisotopic (exact) mass is 366 g/mol. The molecule has 6 nitrogen and oxygen atoms in total. The van der Waals surface area contributed by atoms with E-state index in [0.717, 1.165) is 0 Å². The molecule has 0 unspecified atom stereocenters. The summed E-state index contributed by atoms with van der Waals surface area (Å²) >= 11 is 0. The highest BCUT2D eigenvalue weighted by atomic mass is 28.4. The van der Waals surface area contributed by atoms with E-state index in [-0.39, 0.29) is 34.6 Å². The summed E-state index contributed by atoms with van der Waals surface area (Å²) in [5.41, 5.74) is 6.58. The number of fused-ring (bicyclic) bond motifs is 2. The number of carbonyl (C=O) groups is 1. The van der Waals surface area contributed by atoms with Crippen molar-refractivity contribution in [3.63, 3.8) is 0 Å². The summed E-state index contributed by atoms with van der Waals surface area (Å²) in [5.74, 6) is -1.15. The van der Waals surface area contributed by atoms with Gasteiger partial charge in [0.2, 0.25) is 0 Å². The average molecular weight is 367 g/mol. The molecule has 0 aromatic rings. The SMILES string of the molecule is CC1(C)[C@H]2CC[C@]3(CO[Si](C)(C)C(C)(C)C)OC(=O)C(=[N+]=[N-])[C@@]2(O)[C@H]13. The maximum Gasteiger partial charge on any atom is 0.420 e. The van der Waals surface area contributed by atoms with Crippen LogP contribution in [0.5, 0.6) is 0 Å². The molecule has 0 spiro atoms. The first-order chi connectivity index (χ1) is 11.2. The minimum Gasteiger partial charge on any atom is -0.448 e. The Balaban J connectivity index is 1.98. The highest BCUT2D eigenvalue weighted by Gasteiger charge is 2.84.